The van der Waals surface area contributed by atoms with Gasteiger partial charge in [-0.25, -0.2) is 9.59 Å². The largest absolute Gasteiger partial charge is 0.513 e. The fraction of sp³-hybridized carbons (Fsp3) is 0.667. The summed E-state index contributed by atoms with van der Waals surface area (Å²) in [7, 11) is 1.21. The first kappa shape index (κ1) is 35.7. The van der Waals surface area contributed by atoms with Gasteiger partial charge in [0.2, 0.25) is 0 Å². The Morgan fingerprint density at radius 2 is 1.37 bits per heavy atom. The van der Waals surface area contributed by atoms with Crippen molar-refractivity contribution in [3.8, 4) is 11.5 Å². The molecule has 0 aliphatic rings. The Kier molecular flexibility index (Phi) is 13.6. The molecule has 0 aliphatic heterocycles. The first-order valence-electron chi connectivity index (χ1n) is 13.7. The number of esters is 2. The molecule has 232 valence electrons. The van der Waals surface area contributed by atoms with Crippen LogP contribution in [-0.2, 0) is 35.0 Å². The molecule has 0 fully saturated rings. The fourth-order valence-electron chi connectivity index (χ4n) is 3.27. The molecule has 11 nitrogen and oxygen atoms in total. The quantitative estimate of drug-likeness (QED) is 0.176. The van der Waals surface area contributed by atoms with Crippen LogP contribution in [0.4, 0.5) is 9.59 Å². The van der Waals surface area contributed by atoms with Crippen molar-refractivity contribution >= 4 is 24.2 Å². The van der Waals surface area contributed by atoms with Crippen molar-refractivity contribution < 1.29 is 47.6 Å². The third kappa shape index (κ3) is 14.7. The predicted molar refractivity (Wildman–Crippen MR) is 152 cm³/mol. The minimum Gasteiger partial charge on any atom is -0.468 e. The number of hydrogen-bond donors (Lipinski definition) is 1. The molecule has 0 unspecified atom stereocenters. The maximum Gasteiger partial charge on any atom is 0.513 e. The van der Waals surface area contributed by atoms with Gasteiger partial charge >= 0.3 is 24.2 Å². The van der Waals surface area contributed by atoms with Gasteiger partial charge in [0.05, 0.1) is 26.9 Å². The van der Waals surface area contributed by atoms with Gasteiger partial charge in [-0.05, 0) is 40.9 Å². The molecule has 1 rings (SSSR count). The third-order valence-electron chi connectivity index (χ3n) is 5.49. The van der Waals surface area contributed by atoms with E-state index in [-0.39, 0.29) is 67.4 Å². The average molecular weight is 582 g/mol. The van der Waals surface area contributed by atoms with Gasteiger partial charge in [0, 0.05) is 19.3 Å². The van der Waals surface area contributed by atoms with Crippen LogP contribution in [0.15, 0.2) is 18.2 Å². The van der Waals surface area contributed by atoms with Crippen molar-refractivity contribution in [3.63, 3.8) is 0 Å². The van der Waals surface area contributed by atoms with Crippen molar-refractivity contribution in [2.75, 3.05) is 26.9 Å². The number of hydrogen-bond acceptors (Lipinski definition) is 11. The maximum absolute atomic E-state index is 12.7. The Hall–Kier alpha value is -3.34. The SMILES string of the molecule is COC(=O)[C@@](N)(CCOC(=O)CCC(C)C)Cc1ccc(OC(=O)OCC(C)(C)C)c(OC(=O)OCC(C)(C)C)c1. The Morgan fingerprint density at radius 1 is 0.829 bits per heavy atom. The lowest BCUT2D eigenvalue weighted by molar-refractivity contribution is -0.151. The van der Waals surface area contributed by atoms with Crippen molar-refractivity contribution in [3.05, 3.63) is 23.8 Å². The summed E-state index contributed by atoms with van der Waals surface area (Å²) in [5.74, 6) is -0.980. The summed E-state index contributed by atoms with van der Waals surface area (Å²) in [5, 5.41) is 0. The molecular formula is C30H47NO10. The van der Waals surface area contributed by atoms with Crippen LogP contribution in [0, 0.1) is 16.7 Å². The second-order valence-electron chi connectivity index (χ2n) is 12.9. The zero-order valence-corrected chi connectivity index (χ0v) is 25.9. The van der Waals surface area contributed by atoms with E-state index in [0.717, 1.165) is 0 Å². The van der Waals surface area contributed by atoms with Gasteiger partial charge in [-0.3, -0.25) is 9.59 Å². The zero-order valence-electron chi connectivity index (χ0n) is 25.9. The average Bonchev–Trinajstić information content (AvgIpc) is 2.85. The maximum atomic E-state index is 12.7. The van der Waals surface area contributed by atoms with Crippen LogP contribution in [-0.4, -0.2) is 56.7 Å². The molecule has 0 saturated heterocycles. The minimum atomic E-state index is -1.56. The summed E-state index contributed by atoms with van der Waals surface area (Å²) < 4.78 is 31.2. The van der Waals surface area contributed by atoms with Crippen molar-refractivity contribution in [1.29, 1.82) is 0 Å². The van der Waals surface area contributed by atoms with E-state index >= 15 is 0 Å². The normalized spacial score (nSPS) is 13.1. The van der Waals surface area contributed by atoms with Crippen LogP contribution in [0.5, 0.6) is 11.5 Å². The second kappa shape index (κ2) is 15.6. The lowest BCUT2D eigenvalue weighted by atomic mass is 9.88. The number of benzene rings is 1. The topological polar surface area (TPSA) is 150 Å². The summed E-state index contributed by atoms with van der Waals surface area (Å²) in [6.07, 6.45) is -1.13. The summed E-state index contributed by atoms with van der Waals surface area (Å²) in [6, 6.07) is 4.35. The molecule has 2 N–H and O–H groups in total. The summed E-state index contributed by atoms with van der Waals surface area (Å²) >= 11 is 0. The van der Waals surface area contributed by atoms with Crippen molar-refractivity contribution in [2.45, 2.75) is 86.6 Å². The van der Waals surface area contributed by atoms with Gasteiger partial charge < -0.3 is 34.2 Å². The van der Waals surface area contributed by atoms with Crippen LogP contribution in [0.1, 0.15) is 80.2 Å². The molecule has 1 aromatic carbocycles. The van der Waals surface area contributed by atoms with E-state index in [9.17, 15) is 19.2 Å². The Balaban J connectivity index is 3.16. The summed E-state index contributed by atoms with van der Waals surface area (Å²) in [4.78, 5) is 49.4. The third-order valence-corrected chi connectivity index (χ3v) is 5.49. The van der Waals surface area contributed by atoms with Crippen LogP contribution in [0.2, 0.25) is 0 Å². The molecule has 0 aliphatic carbocycles. The number of methoxy groups -OCH3 is 1. The highest BCUT2D eigenvalue weighted by Crippen LogP contribution is 2.32. The van der Waals surface area contributed by atoms with Gasteiger partial charge in [-0.1, -0.05) is 61.5 Å². The summed E-state index contributed by atoms with van der Waals surface area (Å²) in [5.41, 5.74) is 4.72. The highest BCUT2D eigenvalue weighted by atomic mass is 16.7. The van der Waals surface area contributed by atoms with Gasteiger partial charge in [0.15, 0.2) is 11.5 Å². The van der Waals surface area contributed by atoms with Gasteiger partial charge in [-0.15, -0.1) is 0 Å². The molecule has 1 atom stereocenters. The smallest absolute Gasteiger partial charge is 0.468 e. The lowest BCUT2D eigenvalue weighted by Crippen LogP contribution is -2.51. The monoisotopic (exact) mass is 581 g/mol. The van der Waals surface area contributed by atoms with E-state index in [4.69, 9.17) is 34.2 Å². The highest BCUT2D eigenvalue weighted by molar-refractivity contribution is 5.81. The number of ether oxygens (including phenoxy) is 6. The van der Waals surface area contributed by atoms with E-state index in [2.05, 4.69) is 0 Å². The molecule has 0 heterocycles. The van der Waals surface area contributed by atoms with Crippen LogP contribution < -0.4 is 15.2 Å². The molecule has 0 aromatic heterocycles. The second-order valence-corrected chi connectivity index (χ2v) is 12.9. The molecule has 0 radical (unpaired) electrons. The molecule has 0 saturated carbocycles. The first-order chi connectivity index (χ1) is 18.8. The van der Waals surface area contributed by atoms with E-state index in [1.807, 2.05) is 55.4 Å². The molecular weight excluding hydrogens is 534 g/mol. The van der Waals surface area contributed by atoms with E-state index in [1.54, 1.807) is 6.07 Å². The molecule has 1 aromatic rings. The molecule has 0 amide bonds. The van der Waals surface area contributed by atoms with Gasteiger partial charge in [-0.2, -0.15) is 0 Å². The lowest BCUT2D eigenvalue weighted by Gasteiger charge is -2.27. The Morgan fingerprint density at radius 3 is 1.85 bits per heavy atom. The standard InChI is InChI=1S/C30H47NO10/c1-20(2)10-13-24(32)37-15-14-30(31,25(33)36-9)17-21-11-12-22(40-26(34)38-18-28(3,4)5)23(16-21)41-27(35)39-19-29(6,7)8/h11-12,16,20H,10,13-15,17-19,31H2,1-9H3/t30-/m1/s1. The number of nitrogens with two attached hydrogens (primary N) is 1. The van der Waals surface area contributed by atoms with Crippen LogP contribution in [0.25, 0.3) is 0 Å². The van der Waals surface area contributed by atoms with E-state index in [0.29, 0.717) is 17.9 Å². The highest BCUT2D eigenvalue weighted by Gasteiger charge is 2.36. The Labute approximate surface area is 243 Å². The molecule has 0 bridgehead atoms. The van der Waals surface area contributed by atoms with Crippen LogP contribution in [0.3, 0.4) is 0 Å². The zero-order chi connectivity index (χ0) is 31.4. The Bertz CT molecular complexity index is 1040. The number of rotatable bonds is 13. The molecule has 11 heteroatoms. The number of carbonyl (C=O) groups is 4. The van der Waals surface area contributed by atoms with Gasteiger partial charge in [0.1, 0.15) is 5.54 Å². The predicted octanol–water partition coefficient (Wildman–Crippen LogP) is 5.59. The van der Waals surface area contributed by atoms with Crippen LogP contribution >= 0.6 is 0 Å². The fourth-order valence-corrected chi connectivity index (χ4v) is 3.27. The van der Waals surface area contributed by atoms with Crippen molar-refractivity contribution in [1.82, 2.24) is 0 Å². The van der Waals surface area contributed by atoms with Crippen molar-refractivity contribution in [2.24, 2.45) is 22.5 Å². The minimum absolute atomic E-state index is 0.0196. The molecule has 41 heavy (non-hydrogen) atoms. The van der Waals surface area contributed by atoms with E-state index < -0.39 is 23.8 Å². The number of carbonyl (C=O) groups excluding carboxylic acids is 4. The van der Waals surface area contributed by atoms with Gasteiger partial charge in [0.25, 0.3) is 0 Å². The summed E-state index contributed by atoms with van der Waals surface area (Å²) in [6.45, 7) is 15.4. The first-order valence-corrected chi connectivity index (χ1v) is 13.7. The molecule has 0 spiro atoms. The van der Waals surface area contributed by atoms with E-state index in [1.165, 1.54) is 19.2 Å².